The van der Waals surface area contributed by atoms with Gasteiger partial charge in [0.25, 0.3) is 0 Å². The number of hydrogen-bond donors (Lipinski definition) is 1. The molecule has 1 amide bonds. The molecule has 7 heteroatoms. The lowest BCUT2D eigenvalue weighted by molar-refractivity contribution is -0.116. The number of carbonyl (C=O) groups excluding carboxylic acids is 1. The van der Waals surface area contributed by atoms with Crippen LogP contribution >= 0.6 is 11.6 Å². The number of halogens is 1. The molecule has 1 aliphatic heterocycles. The molecule has 1 N–H and O–H groups in total. The van der Waals surface area contributed by atoms with Gasteiger partial charge in [-0.05, 0) is 42.7 Å². The first-order valence-corrected chi connectivity index (χ1v) is 9.22. The van der Waals surface area contributed by atoms with Crippen LogP contribution in [0.15, 0.2) is 47.4 Å². The molecule has 0 radical (unpaired) electrons. The minimum Gasteiger partial charge on any atom is -0.486 e. The predicted molar refractivity (Wildman–Crippen MR) is 104 cm³/mol. The fraction of sp³-hybridized carbons (Fsp3) is 0.300. The summed E-state index contributed by atoms with van der Waals surface area (Å²) in [6.07, 6.45) is 6.51. The smallest absolute Gasteiger partial charge is 0.250 e. The van der Waals surface area contributed by atoms with Crippen LogP contribution < -0.4 is 20.3 Å². The maximum Gasteiger partial charge on any atom is 0.250 e. The monoisotopic (exact) mass is 388 g/mol. The fourth-order valence-electron chi connectivity index (χ4n) is 2.72. The number of ether oxygens (including phenoxy) is 2. The van der Waals surface area contributed by atoms with Crippen molar-refractivity contribution in [3.8, 4) is 11.5 Å². The van der Waals surface area contributed by atoms with Crippen molar-refractivity contribution in [2.45, 2.75) is 19.4 Å². The summed E-state index contributed by atoms with van der Waals surface area (Å²) in [4.78, 5) is 23.5. The predicted octanol–water partition coefficient (Wildman–Crippen LogP) is 2.88. The normalized spacial score (nSPS) is 12.9. The van der Waals surface area contributed by atoms with Gasteiger partial charge in [-0.15, -0.1) is 0 Å². The van der Waals surface area contributed by atoms with Crippen LogP contribution in [0.1, 0.15) is 18.4 Å². The molecule has 1 aromatic heterocycles. The van der Waals surface area contributed by atoms with Gasteiger partial charge in [-0.25, -0.2) is 0 Å². The van der Waals surface area contributed by atoms with Crippen LogP contribution in [-0.2, 0) is 11.3 Å². The average Bonchev–Trinajstić information content (AvgIpc) is 2.67. The van der Waals surface area contributed by atoms with Gasteiger partial charge in [0.2, 0.25) is 11.5 Å². The number of aryl methyl sites for hydroxylation is 1. The molecular formula is C20H21ClN2O4. The molecule has 1 aliphatic rings. The number of fused-ring (bicyclic) bond motifs is 1. The first kappa shape index (κ1) is 19.0. The average molecular weight is 389 g/mol. The van der Waals surface area contributed by atoms with Crippen LogP contribution in [-0.4, -0.2) is 30.2 Å². The van der Waals surface area contributed by atoms with Crippen LogP contribution in [0.2, 0.25) is 5.02 Å². The van der Waals surface area contributed by atoms with Crippen LogP contribution in [0.25, 0.3) is 6.08 Å². The second kappa shape index (κ2) is 9.28. The third-order valence-corrected chi connectivity index (χ3v) is 4.35. The molecule has 0 bridgehead atoms. The topological polar surface area (TPSA) is 69.6 Å². The first-order valence-electron chi connectivity index (χ1n) is 8.84. The van der Waals surface area contributed by atoms with Crippen molar-refractivity contribution in [1.29, 1.82) is 0 Å². The number of unbranched alkanes of at least 4 members (excludes halogenated alkanes) is 1. The molecule has 0 spiro atoms. The van der Waals surface area contributed by atoms with Crippen molar-refractivity contribution in [2.24, 2.45) is 0 Å². The molecule has 2 heterocycles. The highest BCUT2D eigenvalue weighted by Crippen LogP contribution is 2.38. The number of nitrogens with one attached hydrogen (secondary N) is 1. The van der Waals surface area contributed by atoms with Gasteiger partial charge in [0.05, 0.1) is 5.02 Å². The summed E-state index contributed by atoms with van der Waals surface area (Å²) in [5.74, 6) is 0.949. The van der Waals surface area contributed by atoms with Crippen LogP contribution in [0.5, 0.6) is 11.5 Å². The third-order valence-electron chi connectivity index (χ3n) is 4.07. The molecule has 2 aromatic rings. The van der Waals surface area contributed by atoms with Gasteiger partial charge in [-0.2, -0.15) is 0 Å². The molecular weight excluding hydrogens is 368 g/mol. The molecule has 0 saturated heterocycles. The highest BCUT2D eigenvalue weighted by molar-refractivity contribution is 6.32. The van der Waals surface area contributed by atoms with Gasteiger partial charge in [0, 0.05) is 31.4 Å². The lowest BCUT2D eigenvalue weighted by atomic mass is 10.1. The number of amides is 1. The third kappa shape index (κ3) is 5.37. The van der Waals surface area contributed by atoms with Crippen molar-refractivity contribution in [3.63, 3.8) is 0 Å². The van der Waals surface area contributed by atoms with Crippen LogP contribution in [0.3, 0.4) is 0 Å². The molecule has 1 aromatic carbocycles. The number of nitrogens with zero attached hydrogens (tertiary/aromatic N) is 1. The number of carbonyl (C=O) groups is 1. The summed E-state index contributed by atoms with van der Waals surface area (Å²) in [5.41, 5.74) is 0.755. The number of hydrogen-bond acceptors (Lipinski definition) is 4. The first-order chi connectivity index (χ1) is 13.1. The molecule has 3 rings (SSSR count). The minimum absolute atomic E-state index is 0.0115. The summed E-state index contributed by atoms with van der Waals surface area (Å²) in [7, 11) is 0. The summed E-state index contributed by atoms with van der Waals surface area (Å²) >= 11 is 6.18. The SMILES string of the molecule is O=C(C=Cc1cc(Cl)c2c(c1)OCCO2)NCCCCn1ccccc1=O. The standard InChI is InChI=1S/C20H21ClN2O4/c21-16-13-15(14-17-20(16)27-12-11-26-17)6-7-18(24)22-8-2-4-10-23-9-3-1-5-19(23)25/h1,3,5-7,9,13-14H,2,4,8,10-12H2,(H,22,24). The van der Waals surface area contributed by atoms with Crippen molar-refractivity contribution in [2.75, 3.05) is 19.8 Å². The Morgan fingerprint density at radius 1 is 1.22 bits per heavy atom. The molecule has 27 heavy (non-hydrogen) atoms. The molecule has 0 aliphatic carbocycles. The summed E-state index contributed by atoms with van der Waals surface area (Å²) in [6.45, 7) is 2.14. The number of benzene rings is 1. The van der Waals surface area contributed by atoms with E-state index >= 15 is 0 Å². The quantitative estimate of drug-likeness (QED) is 0.585. The summed E-state index contributed by atoms with van der Waals surface area (Å²) in [6, 6.07) is 8.62. The van der Waals surface area contributed by atoms with Gasteiger partial charge in [-0.1, -0.05) is 17.7 Å². The Kier molecular flexibility index (Phi) is 6.54. The number of aromatic nitrogens is 1. The maximum atomic E-state index is 11.9. The van der Waals surface area contributed by atoms with Crippen molar-refractivity contribution in [3.05, 3.63) is 63.5 Å². The van der Waals surface area contributed by atoms with Gasteiger partial charge >= 0.3 is 0 Å². The second-order valence-electron chi connectivity index (χ2n) is 6.09. The van der Waals surface area contributed by atoms with Crippen molar-refractivity contribution >= 4 is 23.6 Å². The van der Waals surface area contributed by atoms with E-state index in [-0.39, 0.29) is 11.5 Å². The Morgan fingerprint density at radius 3 is 2.93 bits per heavy atom. The van der Waals surface area contributed by atoms with Gasteiger partial charge in [0.1, 0.15) is 13.2 Å². The van der Waals surface area contributed by atoms with E-state index in [4.69, 9.17) is 21.1 Å². The minimum atomic E-state index is -0.183. The van der Waals surface area contributed by atoms with Gasteiger partial charge in [-0.3, -0.25) is 9.59 Å². The fourth-order valence-corrected chi connectivity index (χ4v) is 3.00. The molecule has 0 fully saturated rings. The lowest BCUT2D eigenvalue weighted by Crippen LogP contribution is -2.23. The zero-order valence-corrected chi connectivity index (χ0v) is 15.6. The highest BCUT2D eigenvalue weighted by atomic mass is 35.5. The van der Waals surface area contributed by atoms with Crippen molar-refractivity contribution < 1.29 is 14.3 Å². The Hall–Kier alpha value is -2.73. The zero-order valence-electron chi connectivity index (χ0n) is 14.8. The zero-order chi connectivity index (χ0) is 19.1. The van der Waals surface area contributed by atoms with E-state index in [1.807, 2.05) is 6.07 Å². The van der Waals surface area contributed by atoms with Crippen LogP contribution in [0.4, 0.5) is 0 Å². The Balaban J connectivity index is 1.43. The second-order valence-corrected chi connectivity index (χ2v) is 6.50. The number of pyridine rings is 1. The largest absolute Gasteiger partial charge is 0.486 e. The Morgan fingerprint density at radius 2 is 2.07 bits per heavy atom. The van der Waals surface area contributed by atoms with Gasteiger partial charge < -0.3 is 19.4 Å². The molecule has 142 valence electrons. The van der Waals surface area contributed by atoms with Crippen molar-refractivity contribution in [1.82, 2.24) is 9.88 Å². The van der Waals surface area contributed by atoms with E-state index in [0.717, 1.165) is 18.4 Å². The van der Waals surface area contributed by atoms with Gasteiger partial charge in [0.15, 0.2) is 11.5 Å². The van der Waals surface area contributed by atoms with E-state index in [2.05, 4.69) is 5.32 Å². The van der Waals surface area contributed by atoms with Crippen LogP contribution in [0, 0.1) is 0 Å². The summed E-state index contributed by atoms with van der Waals surface area (Å²) in [5, 5.41) is 3.29. The van der Waals surface area contributed by atoms with E-state index in [9.17, 15) is 9.59 Å². The maximum absolute atomic E-state index is 11.9. The Labute approximate surface area is 162 Å². The highest BCUT2D eigenvalue weighted by Gasteiger charge is 2.15. The van der Waals surface area contributed by atoms with E-state index in [1.54, 1.807) is 35.0 Å². The lowest BCUT2D eigenvalue weighted by Gasteiger charge is -2.19. The van der Waals surface area contributed by atoms with E-state index in [0.29, 0.717) is 42.8 Å². The molecule has 6 nitrogen and oxygen atoms in total. The molecule has 0 unspecified atom stereocenters. The molecule has 0 atom stereocenters. The Bertz CT molecular complexity index is 892. The summed E-state index contributed by atoms with van der Waals surface area (Å²) < 4.78 is 12.6. The number of rotatable bonds is 7. The van der Waals surface area contributed by atoms with E-state index < -0.39 is 0 Å². The molecule has 0 saturated carbocycles. The van der Waals surface area contributed by atoms with E-state index in [1.165, 1.54) is 12.1 Å².